The van der Waals surface area contributed by atoms with Gasteiger partial charge in [-0.2, -0.15) is 0 Å². The number of rotatable bonds is 4. The van der Waals surface area contributed by atoms with E-state index in [1.165, 1.54) is 0 Å². The van der Waals surface area contributed by atoms with E-state index in [4.69, 9.17) is 4.74 Å². The van der Waals surface area contributed by atoms with Gasteiger partial charge in [0.2, 0.25) is 0 Å². The Kier molecular flexibility index (Phi) is 10.4. The second-order valence-corrected chi connectivity index (χ2v) is 6.26. The maximum absolute atomic E-state index is 9.65. The number of benzene rings is 1. The van der Waals surface area contributed by atoms with E-state index in [0.717, 1.165) is 26.6 Å². The van der Waals surface area contributed by atoms with Gasteiger partial charge in [0.1, 0.15) is 5.75 Å². The lowest BCUT2D eigenvalue weighted by Crippen LogP contribution is -2.05. The van der Waals surface area contributed by atoms with Crippen LogP contribution >= 0.6 is 47.8 Å². The SMILES string of the molecule is CC(O)Cc1c(O)cc(Br)c(Br)c1Br.CCOCC. The Morgan fingerprint density at radius 2 is 1.68 bits per heavy atom. The van der Waals surface area contributed by atoms with Crippen molar-refractivity contribution in [3.05, 3.63) is 25.0 Å². The quantitative estimate of drug-likeness (QED) is 0.640. The molecule has 0 fully saturated rings. The van der Waals surface area contributed by atoms with Gasteiger partial charge in [0.25, 0.3) is 0 Å². The highest BCUT2D eigenvalue weighted by atomic mass is 79.9. The van der Waals surface area contributed by atoms with Crippen LogP contribution < -0.4 is 0 Å². The predicted molar refractivity (Wildman–Crippen MR) is 88.8 cm³/mol. The van der Waals surface area contributed by atoms with E-state index in [9.17, 15) is 10.2 Å². The number of aliphatic hydroxyl groups excluding tert-OH is 1. The number of aliphatic hydroxyl groups is 1. The first-order valence-corrected chi connectivity index (χ1v) is 8.34. The molecule has 0 aliphatic rings. The van der Waals surface area contributed by atoms with Crippen molar-refractivity contribution in [3.63, 3.8) is 0 Å². The van der Waals surface area contributed by atoms with Crippen LogP contribution in [0.4, 0.5) is 0 Å². The summed E-state index contributed by atoms with van der Waals surface area (Å²) in [6.45, 7) is 7.35. The summed E-state index contributed by atoms with van der Waals surface area (Å²) in [5.41, 5.74) is 0.704. The second-order valence-electron chi connectivity index (χ2n) is 3.82. The molecule has 0 bridgehead atoms. The molecule has 1 aromatic carbocycles. The molecule has 2 N–H and O–H groups in total. The summed E-state index contributed by atoms with van der Waals surface area (Å²) in [5, 5.41) is 18.9. The van der Waals surface area contributed by atoms with Gasteiger partial charge in [0.15, 0.2) is 0 Å². The molecule has 0 radical (unpaired) electrons. The van der Waals surface area contributed by atoms with Gasteiger partial charge in [-0.15, -0.1) is 0 Å². The Labute approximate surface area is 139 Å². The lowest BCUT2D eigenvalue weighted by atomic mass is 10.1. The molecule has 110 valence electrons. The van der Waals surface area contributed by atoms with Gasteiger partial charge in [0.05, 0.1) is 6.10 Å². The first-order chi connectivity index (χ1) is 8.84. The molecule has 0 amide bonds. The minimum Gasteiger partial charge on any atom is -0.508 e. The minimum absolute atomic E-state index is 0.174. The van der Waals surface area contributed by atoms with Crippen LogP contribution in [0.3, 0.4) is 0 Å². The third-order valence-electron chi connectivity index (χ3n) is 2.15. The van der Waals surface area contributed by atoms with E-state index >= 15 is 0 Å². The number of hydrogen-bond acceptors (Lipinski definition) is 3. The van der Waals surface area contributed by atoms with E-state index in [-0.39, 0.29) is 5.75 Å². The van der Waals surface area contributed by atoms with E-state index < -0.39 is 6.10 Å². The molecule has 0 heterocycles. The maximum Gasteiger partial charge on any atom is 0.121 e. The highest BCUT2D eigenvalue weighted by Crippen LogP contribution is 2.39. The Balaban J connectivity index is 0.000000555. The minimum atomic E-state index is -0.481. The molecule has 1 atom stereocenters. The molecule has 1 aromatic rings. The topological polar surface area (TPSA) is 49.7 Å². The normalized spacial score (nSPS) is 11.7. The van der Waals surface area contributed by atoms with Crippen LogP contribution in [0, 0.1) is 0 Å². The van der Waals surface area contributed by atoms with Gasteiger partial charge in [-0.3, -0.25) is 0 Å². The van der Waals surface area contributed by atoms with Crippen LogP contribution in [0.25, 0.3) is 0 Å². The summed E-state index contributed by atoms with van der Waals surface area (Å²) in [5.74, 6) is 0.174. The Morgan fingerprint density at radius 3 is 2.05 bits per heavy atom. The number of ether oxygens (including phenoxy) is 1. The monoisotopic (exact) mass is 460 g/mol. The van der Waals surface area contributed by atoms with Crippen molar-refractivity contribution in [2.75, 3.05) is 13.2 Å². The lowest BCUT2D eigenvalue weighted by molar-refractivity contribution is 0.162. The Morgan fingerprint density at radius 1 is 1.16 bits per heavy atom. The van der Waals surface area contributed by atoms with Gasteiger partial charge in [-0.1, -0.05) is 0 Å². The maximum atomic E-state index is 9.65. The van der Waals surface area contributed by atoms with Crippen molar-refractivity contribution < 1.29 is 14.9 Å². The summed E-state index contributed by atoms with van der Waals surface area (Å²) in [4.78, 5) is 0. The summed E-state index contributed by atoms with van der Waals surface area (Å²) < 4.78 is 7.22. The number of aromatic hydroxyl groups is 1. The fraction of sp³-hybridized carbons (Fsp3) is 0.538. The molecule has 0 saturated carbocycles. The van der Waals surface area contributed by atoms with Crippen molar-refractivity contribution in [1.29, 1.82) is 0 Å². The van der Waals surface area contributed by atoms with Crippen molar-refractivity contribution in [3.8, 4) is 5.75 Å². The predicted octanol–water partition coefficient (Wildman–Crippen LogP) is 4.65. The standard InChI is InChI=1S/C9H9Br3O2.C4H10O/c1-4(13)2-5-7(14)3-6(10)9(12)8(5)11;1-3-5-4-2/h3-4,13-14H,2H2,1H3;3-4H2,1-2H3. The van der Waals surface area contributed by atoms with E-state index in [1.807, 2.05) is 13.8 Å². The first-order valence-electron chi connectivity index (χ1n) is 5.96. The zero-order valence-electron chi connectivity index (χ0n) is 11.2. The molecule has 3 nitrogen and oxygen atoms in total. The Bertz CT molecular complexity index is 393. The van der Waals surface area contributed by atoms with Crippen molar-refractivity contribution >= 4 is 47.8 Å². The number of halogens is 3. The van der Waals surface area contributed by atoms with E-state index in [0.29, 0.717) is 12.0 Å². The summed E-state index contributed by atoms with van der Waals surface area (Å²) >= 11 is 10.0. The summed E-state index contributed by atoms with van der Waals surface area (Å²) in [6, 6.07) is 1.60. The lowest BCUT2D eigenvalue weighted by Gasteiger charge is -2.11. The summed E-state index contributed by atoms with van der Waals surface area (Å²) in [7, 11) is 0. The van der Waals surface area contributed by atoms with Crippen molar-refractivity contribution in [2.24, 2.45) is 0 Å². The molecule has 0 aliphatic heterocycles. The first kappa shape index (κ1) is 19.4. The molecule has 1 unspecified atom stereocenters. The molecule has 0 saturated heterocycles. The van der Waals surface area contributed by atoms with Crippen LogP contribution in [0.2, 0.25) is 0 Å². The zero-order valence-corrected chi connectivity index (χ0v) is 16.0. The Hall–Kier alpha value is 0.380. The van der Waals surface area contributed by atoms with Crippen LogP contribution in [-0.4, -0.2) is 29.5 Å². The highest BCUT2D eigenvalue weighted by molar-refractivity contribution is 9.14. The van der Waals surface area contributed by atoms with Crippen LogP contribution in [0.5, 0.6) is 5.75 Å². The van der Waals surface area contributed by atoms with Gasteiger partial charge in [-0.05, 0) is 74.6 Å². The van der Waals surface area contributed by atoms with Gasteiger partial charge in [0, 0.05) is 38.6 Å². The molecular weight excluding hydrogens is 444 g/mol. The average molecular weight is 463 g/mol. The molecule has 6 heteroatoms. The highest BCUT2D eigenvalue weighted by Gasteiger charge is 2.14. The molecule has 0 aromatic heterocycles. The van der Waals surface area contributed by atoms with E-state index in [1.54, 1.807) is 13.0 Å². The number of phenolic OH excluding ortho intramolecular Hbond substituents is 1. The summed E-state index contributed by atoms with van der Waals surface area (Å²) in [6.07, 6.45) is -0.0662. The molecule has 19 heavy (non-hydrogen) atoms. The third-order valence-corrected chi connectivity index (χ3v) is 5.54. The third kappa shape index (κ3) is 7.09. The van der Waals surface area contributed by atoms with Crippen molar-refractivity contribution in [1.82, 2.24) is 0 Å². The van der Waals surface area contributed by atoms with Gasteiger partial charge in [-0.25, -0.2) is 0 Å². The van der Waals surface area contributed by atoms with Gasteiger partial charge >= 0.3 is 0 Å². The number of phenols is 1. The molecule has 0 aliphatic carbocycles. The smallest absolute Gasteiger partial charge is 0.121 e. The molecular formula is C13H19Br3O3. The van der Waals surface area contributed by atoms with Crippen LogP contribution in [-0.2, 0) is 11.2 Å². The fourth-order valence-electron chi connectivity index (χ4n) is 1.31. The molecule has 0 spiro atoms. The van der Waals surface area contributed by atoms with Crippen LogP contribution in [0.1, 0.15) is 26.3 Å². The zero-order chi connectivity index (χ0) is 15.0. The van der Waals surface area contributed by atoms with Gasteiger partial charge < -0.3 is 14.9 Å². The average Bonchev–Trinajstić information content (AvgIpc) is 2.33. The largest absolute Gasteiger partial charge is 0.508 e. The fourth-order valence-corrected chi connectivity index (χ4v) is 2.93. The number of hydrogen-bond donors (Lipinski definition) is 2. The van der Waals surface area contributed by atoms with Crippen LogP contribution in [0.15, 0.2) is 19.5 Å². The van der Waals surface area contributed by atoms with Crippen molar-refractivity contribution in [2.45, 2.75) is 33.3 Å². The molecule has 1 rings (SSSR count). The van der Waals surface area contributed by atoms with E-state index in [2.05, 4.69) is 47.8 Å². The second kappa shape index (κ2) is 10.2.